The Hall–Kier alpha value is -0.870. The van der Waals surface area contributed by atoms with Crippen molar-refractivity contribution >= 4 is 0 Å². The van der Waals surface area contributed by atoms with Crippen LogP contribution in [0.25, 0.3) is 0 Å². The molecule has 0 bridgehead atoms. The minimum Gasteiger partial charge on any atom is -0.444 e. The van der Waals surface area contributed by atoms with Gasteiger partial charge in [0.05, 0.1) is 19.3 Å². The third-order valence-corrected chi connectivity index (χ3v) is 1.98. The first-order valence-electron chi connectivity index (χ1n) is 5.35. The summed E-state index contributed by atoms with van der Waals surface area (Å²) >= 11 is 0. The molecule has 0 radical (unpaired) electrons. The number of nitrogens with one attached hydrogen (secondary N) is 1. The molecule has 4 heteroatoms. The smallest absolute Gasteiger partial charge is 0.208 e. The molecule has 1 heterocycles. The molecule has 0 spiro atoms. The largest absolute Gasteiger partial charge is 0.444 e. The van der Waals surface area contributed by atoms with E-state index in [4.69, 9.17) is 9.15 Å². The highest BCUT2D eigenvalue weighted by Gasteiger charge is 2.03. The molecule has 0 aliphatic rings. The van der Waals surface area contributed by atoms with Crippen molar-refractivity contribution < 1.29 is 9.15 Å². The molecule has 0 aromatic carbocycles. The molecule has 0 fully saturated rings. The Balaban J connectivity index is 2.26. The number of nitrogens with zero attached hydrogens (tertiary/aromatic N) is 1. The van der Waals surface area contributed by atoms with Gasteiger partial charge in [-0.15, -0.1) is 0 Å². The van der Waals surface area contributed by atoms with Crippen molar-refractivity contribution in [2.75, 3.05) is 20.3 Å². The predicted octanol–water partition coefficient (Wildman–Crippen LogP) is 1.61. The van der Waals surface area contributed by atoms with E-state index in [2.05, 4.69) is 24.1 Å². The van der Waals surface area contributed by atoms with Gasteiger partial charge in [0.15, 0.2) is 0 Å². The fraction of sp³-hybridized carbons (Fsp3) is 0.727. The van der Waals surface area contributed by atoms with Crippen molar-refractivity contribution in [1.82, 2.24) is 10.3 Å². The topological polar surface area (TPSA) is 47.3 Å². The summed E-state index contributed by atoms with van der Waals surface area (Å²) in [6.07, 6.45) is 2.55. The van der Waals surface area contributed by atoms with Gasteiger partial charge in [0.25, 0.3) is 0 Å². The van der Waals surface area contributed by atoms with Crippen molar-refractivity contribution in [3.63, 3.8) is 0 Å². The van der Waals surface area contributed by atoms with E-state index < -0.39 is 0 Å². The summed E-state index contributed by atoms with van der Waals surface area (Å²) in [7, 11) is 1.68. The first-order chi connectivity index (χ1) is 7.22. The molecule has 0 aliphatic heterocycles. The summed E-state index contributed by atoms with van der Waals surface area (Å²) in [6, 6.07) is 0. The Bertz CT molecular complexity index is 271. The normalized spacial score (nSPS) is 11.2. The van der Waals surface area contributed by atoms with Gasteiger partial charge in [0.1, 0.15) is 5.76 Å². The molecule has 0 amide bonds. The van der Waals surface area contributed by atoms with Gasteiger partial charge < -0.3 is 14.5 Å². The molecule has 4 nitrogen and oxygen atoms in total. The minimum absolute atomic E-state index is 0.646. The minimum atomic E-state index is 0.646. The number of hydrogen-bond donors (Lipinski definition) is 1. The fourth-order valence-corrected chi connectivity index (χ4v) is 1.22. The summed E-state index contributed by atoms with van der Waals surface area (Å²) in [4.78, 5) is 4.18. The number of hydrogen-bond acceptors (Lipinski definition) is 4. The zero-order chi connectivity index (χ0) is 11.1. The van der Waals surface area contributed by atoms with Crippen LogP contribution < -0.4 is 5.32 Å². The standard InChI is InChI=1S/C11H20N2O2/c1-9(2)6-12-8-11-13-7-10(15-11)4-5-14-3/h7,9,12H,4-6,8H2,1-3H3. The second kappa shape index (κ2) is 6.58. The predicted molar refractivity (Wildman–Crippen MR) is 58.6 cm³/mol. The lowest BCUT2D eigenvalue weighted by molar-refractivity contribution is 0.196. The van der Waals surface area contributed by atoms with Gasteiger partial charge in [-0.3, -0.25) is 0 Å². The molecule has 0 saturated heterocycles. The van der Waals surface area contributed by atoms with Crippen molar-refractivity contribution in [3.8, 4) is 0 Å². The maximum atomic E-state index is 5.51. The van der Waals surface area contributed by atoms with E-state index in [9.17, 15) is 0 Å². The molecule has 0 atom stereocenters. The highest BCUT2D eigenvalue weighted by Crippen LogP contribution is 2.04. The first-order valence-corrected chi connectivity index (χ1v) is 5.35. The van der Waals surface area contributed by atoms with Gasteiger partial charge in [-0.2, -0.15) is 0 Å². The lowest BCUT2D eigenvalue weighted by Crippen LogP contribution is -2.19. The highest BCUT2D eigenvalue weighted by atomic mass is 16.5. The van der Waals surface area contributed by atoms with Gasteiger partial charge in [-0.25, -0.2) is 4.98 Å². The number of methoxy groups -OCH3 is 1. The number of oxazole rings is 1. The Labute approximate surface area is 91.0 Å². The van der Waals surface area contributed by atoms with Gasteiger partial charge in [-0.1, -0.05) is 13.8 Å². The van der Waals surface area contributed by atoms with Crippen LogP contribution in [0.2, 0.25) is 0 Å². The second-order valence-electron chi connectivity index (χ2n) is 3.99. The van der Waals surface area contributed by atoms with E-state index in [1.165, 1.54) is 0 Å². The third kappa shape index (κ3) is 4.95. The molecule has 0 unspecified atom stereocenters. The highest BCUT2D eigenvalue weighted by molar-refractivity contribution is 4.94. The van der Waals surface area contributed by atoms with E-state index in [1.54, 1.807) is 13.3 Å². The van der Waals surface area contributed by atoms with Crippen LogP contribution in [-0.4, -0.2) is 25.2 Å². The summed E-state index contributed by atoms with van der Waals surface area (Å²) < 4.78 is 10.5. The summed E-state index contributed by atoms with van der Waals surface area (Å²) in [5.41, 5.74) is 0. The Morgan fingerprint density at radius 2 is 2.33 bits per heavy atom. The molecule has 86 valence electrons. The zero-order valence-electron chi connectivity index (χ0n) is 9.75. The van der Waals surface area contributed by atoms with Crippen molar-refractivity contribution in [2.24, 2.45) is 5.92 Å². The van der Waals surface area contributed by atoms with E-state index >= 15 is 0 Å². The Morgan fingerprint density at radius 1 is 1.53 bits per heavy atom. The Morgan fingerprint density at radius 3 is 3.00 bits per heavy atom. The molecule has 1 aromatic rings. The monoisotopic (exact) mass is 212 g/mol. The quantitative estimate of drug-likeness (QED) is 0.746. The van der Waals surface area contributed by atoms with Gasteiger partial charge in [-0.05, 0) is 12.5 Å². The van der Waals surface area contributed by atoms with E-state index in [0.29, 0.717) is 19.1 Å². The molecule has 1 aromatic heterocycles. The SMILES string of the molecule is COCCc1cnc(CNCC(C)C)o1. The van der Waals surface area contributed by atoms with Crippen molar-refractivity contribution in [3.05, 3.63) is 17.8 Å². The van der Waals surface area contributed by atoms with Crippen LogP contribution in [0.4, 0.5) is 0 Å². The molecular formula is C11H20N2O2. The zero-order valence-corrected chi connectivity index (χ0v) is 9.75. The van der Waals surface area contributed by atoms with E-state index in [-0.39, 0.29) is 0 Å². The lowest BCUT2D eigenvalue weighted by Gasteiger charge is -2.04. The number of ether oxygens (including phenoxy) is 1. The summed E-state index contributed by atoms with van der Waals surface area (Å²) in [5, 5.41) is 3.28. The lowest BCUT2D eigenvalue weighted by atomic mass is 10.2. The van der Waals surface area contributed by atoms with E-state index in [0.717, 1.165) is 24.6 Å². The van der Waals surface area contributed by atoms with Crippen LogP contribution in [-0.2, 0) is 17.7 Å². The fourth-order valence-electron chi connectivity index (χ4n) is 1.22. The molecule has 0 saturated carbocycles. The van der Waals surface area contributed by atoms with Gasteiger partial charge in [0, 0.05) is 13.5 Å². The molecule has 0 aliphatic carbocycles. The van der Waals surface area contributed by atoms with Crippen LogP contribution >= 0.6 is 0 Å². The molecule has 15 heavy (non-hydrogen) atoms. The van der Waals surface area contributed by atoms with Crippen LogP contribution in [0, 0.1) is 5.92 Å². The van der Waals surface area contributed by atoms with Gasteiger partial charge in [0.2, 0.25) is 5.89 Å². The molecule has 1 rings (SSSR count). The van der Waals surface area contributed by atoms with Crippen LogP contribution in [0.15, 0.2) is 10.6 Å². The van der Waals surface area contributed by atoms with Gasteiger partial charge >= 0.3 is 0 Å². The number of aromatic nitrogens is 1. The maximum absolute atomic E-state index is 5.51. The van der Waals surface area contributed by atoms with Crippen molar-refractivity contribution in [1.29, 1.82) is 0 Å². The maximum Gasteiger partial charge on any atom is 0.208 e. The van der Waals surface area contributed by atoms with Crippen molar-refractivity contribution in [2.45, 2.75) is 26.8 Å². The van der Waals surface area contributed by atoms with Crippen LogP contribution in [0.1, 0.15) is 25.5 Å². The average Bonchev–Trinajstić information content (AvgIpc) is 2.62. The molecular weight excluding hydrogens is 192 g/mol. The second-order valence-corrected chi connectivity index (χ2v) is 3.99. The molecule has 1 N–H and O–H groups in total. The number of rotatable bonds is 7. The Kier molecular flexibility index (Phi) is 5.36. The first kappa shape index (κ1) is 12.2. The third-order valence-electron chi connectivity index (χ3n) is 1.98. The van der Waals surface area contributed by atoms with Crippen LogP contribution in [0.5, 0.6) is 0 Å². The summed E-state index contributed by atoms with van der Waals surface area (Å²) in [5.74, 6) is 2.29. The summed E-state index contributed by atoms with van der Waals surface area (Å²) in [6.45, 7) is 6.70. The van der Waals surface area contributed by atoms with E-state index in [1.807, 2.05) is 0 Å². The van der Waals surface area contributed by atoms with Crippen LogP contribution in [0.3, 0.4) is 0 Å². The average molecular weight is 212 g/mol.